The first-order valence-corrected chi connectivity index (χ1v) is 5.37. The van der Waals surface area contributed by atoms with E-state index in [-0.39, 0.29) is 18.0 Å². The minimum absolute atomic E-state index is 0.125. The fraction of sp³-hybridized carbons (Fsp3) is 0.154. The molecule has 0 aromatic heterocycles. The van der Waals surface area contributed by atoms with Crippen LogP contribution in [-0.2, 0) is 4.79 Å². The van der Waals surface area contributed by atoms with Crippen molar-refractivity contribution in [1.29, 1.82) is 0 Å². The van der Waals surface area contributed by atoms with Gasteiger partial charge in [0.15, 0.2) is 5.75 Å². The molecular weight excluding hydrogens is 250 g/mol. The Morgan fingerprint density at radius 1 is 1.58 bits per heavy atom. The van der Waals surface area contributed by atoms with E-state index >= 15 is 0 Å². The summed E-state index contributed by atoms with van der Waals surface area (Å²) in [7, 11) is 0. The number of hydrogen-bond donors (Lipinski definition) is 1. The fourth-order valence-electron chi connectivity index (χ4n) is 1.27. The van der Waals surface area contributed by atoms with Crippen LogP contribution in [0.2, 0.25) is 0 Å². The van der Waals surface area contributed by atoms with Crippen LogP contribution < -0.4 is 4.74 Å². The third-order valence-electron chi connectivity index (χ3n) is 2.07. The van der Waals surface area contributed by atoms with Crippen LogP contribution in [0, 0.1) is 10.1 Å². The van der Waals surface area contributed by atoms with Gasteiger partial charge in [0.25, 0.3) is 0 Å². The average molecular weight is 263 g/mol. The van der Waals surface area contributed by atoms with E-state index in [1.165, 1.54) is 18.2 Å². The minimum Gasteiger partial charge on any atom is -0.482 e. The number of carbonyl (C=O) groups is 1. The van der Waals surface area contributed by atoms with Gasteiger partial charge in [-0.15, -0.1) is 0 Å². The molecule has 1 N–H and O–H groups in total. The number of nitrogens with zero attached hydrogens (tertiary/aromatic N) is 1. The molecule has 0 bridgehead atoms. The van der Waals surface area contributed by atoms with Gasteiger partial charge in [0.2, 0.25) is 0 Å². The van der Waals surface area contributed by atoms with Gasteiger partial charge in [0.05, 0.1) is 4.92 Å². The second kappa shape index (κ2) is 6.34. The Balaban J connectivity index is 3.04. The normalized spacial score (nSPS) is 10.4. The zero-order valence-corrected chi connectivity index (χ0v) is 10.3. The summed E-state index contributed by atoms with van der Waals surface area (Å²) in [6.07, 6.45) is 2.19. The van der Waals surface area contributed by atoms with E-state index in [0.29, 0.717) is 5.56 Å². The highest BCUT2D eigenvalue weighted by atomic mass is 16.6. The molecule has 0 aliphatic heterocycles. The highest BCUT2D eigenvalue weighted by Gasteiger charge is 2.15. The summed E-state index contributed by atoms with van der Waals surface area (Å²) < 4.78 is 5.26. The van der Waals surface area contributed by atoms with Gasteiger partial charge in [-0.2, -0.15) is 0 Å². The second-order valence-corrected chi connectivity index (χ2v) is 3.90. The van der Waals surface area contributed by atoms with E-state index in [4.69, 9.17) is 9.84 Å². The van der Waals surface area contributed by atoms with E-state index in [1.807, 2.05) is 0 Å². The highest BCUT2D eigenvalue weighted by Crippen LogP contribution is 2.28. The van der Waals surface area contributed by atoms with Crippen LogP contribution in [0.25, 0.3) is 6.08 Å². The van der Waals surface area contributed by atoms with Crippen LogP contribution in [0.5, 0.6) is 5.75 Å². The molecule has 0 radical (unpaired) electrons. The molecule has 1 aromatic rings. The number of rotatable bonds is 6. The molecule has 100 valence electrons. The van der Waals surface area contributed by atoms with Crippen molar-refractivity contribution in [2.75, 3.05) is 6.61 Å². The van der Waals surface area contributed by atoms with Gasteiger partial charge in [-0.05, 0) is 30.2 Å². The van der Waals surface area contributed by atoms with Crippen molar-refractivity contribution >= 4 is 17.7 Å². The van der Waals surface area contributed by atoms with Gasteiger partial charge in [0.1, 0.15) is 6.61 Å². The van der Waals surface area contributed by atoms with Gasteiger partial charge in [-0.1, -0.05) is 12.6 Å². The molecule has 1 rings (SSSR count). The van der Waals surface area contributed by atoms with Gasteiger partial charge in [0, 0.05) is 12.1 Å². The molecule has 0 fully saturated rings. The van der Waals surface area contributed by atoms with Crippen LogP contribution in [0.1, 0.15) is 12.5 Å². The van der Waals surface area contributed by atoms with Crippen molar-refractivity contribution < 1.29 is 19.6 Å². The summed E-state index contributed by atoms with van der Waals surface area (Å²) in [4.78, 5) is 20.7. The van der Waals surface area contributed by atoms with Gasteiger partial charge >= 0.3 is 11.7 Å². The maximum absolute atomic E-state index is 10.9. The average Bonchev–Trinajstić information content (AvgIpc) is 2.33. The third kappa shape index (κ3) is 4.63. The van der Waals surface area contributed by atoms with Crippen molar-refractivity contribution in [2.45, 2.75) is 6.92 Å². The first-order chi connectivity index (χ1) is 8.90. The number of benzene rings is 1. The molecule has 6 heteroatoms. The SMILES string of the molecule is C=C(C)COc1ccc(/C=C/C(=O)O)cc1[N+](=O)[O-]. The molecule has 6 nitrogen and oxygen atoms in total. The molecule has 0 heterocycles. The molecule has 1 aromatic carbocycles. The molecule has 0 aliphatic carbocycles. The summed E-state index contributed by atoms with van der Waals surface area (Å²) in [6, 6.07) is 4.23. The lowest BCUT2D eigenvalue weighted by atomic mass is 10.1. The lowest BCUT2D eigenvalue weighted by Crippen LogP contribution is -2.01. The summed E-state index contributed by atoms with van der Waals surface area (Å²) in [5, 5.41) is 19.4. The number of carboxylic acid groups (broad SMARTS) is 1. The number of carboxylic acids is 1. The van der Waals surface area contributed by atoms with E-state index in [0.717, 1.165) is 11.6 Å². The zero-order chi connectivity index (χ0) is 14.4. The Bertz CT molecular complexity index is 548. The molecule has 0 atom stereocenters. The van der Waals surface area contributed by atoms with E-state index < -0.39 is 10.9 Å². The summed E-state index contributed by atoms with van der Waals surface area (Å²) in [5.41, 5.74) is 0.940. The first-order valence-electron chi connectivity index (χ1n) is 5.37. The largest absolute Gasteiger partial charge is 0.482 e. The van der Waals surface area contributed by atoms with Crippen LogP contribution in [0.4, 0.5) is 5.69 Å². The number of hydrogen-bond acceptors (Lipinski definition) is 4. The minimum atomic E-state index is -1.12. The number of aliphatic carboxylic acids is 1. The smallest absolute Gasteiger partial charge is 0.328 e. The number of ether oxygens (including phenoxy) is 1. The molecular formula is C13H13NO5. The second-order valence-electron chi connectivity index (χ2n) is 3.90. The molecule has 0 aliphatic rings. The molecule has 0 unspecified atom stereocenters. The summed E-state index contributed by atoms with van der Waals surface area (Å²) in [5.74, 6) is -0.995. The maximum Gasteiger partial charge on any atom is 0.328 e. The van der Waals surface area contributed by atoms with Crippen molar-refractivity contribution in [3.8, 4) is 5.75 Å². The highest BCUT2D eigenvalue weighted by molar-refractivity contribution is 5.85. The predicted octanol–water partition coefficient (Wildman–Crippen LogP) is 2.65. The third-order valence-corrected chi connectivity index (χ3v) is 2.07. The molecule has 0 saturated carbocycles. The summed E-state index contributed by atoms with van der Waals surface area (Å²) >= 11 is 0. The quantitative estimate of drug-likeness (QED) is 0.369. The monoisotopic (exact) mass is 263 g/mol. The van der Waals surface area contributed by atoms with Crippen molar-refractivity contribution in [3.63, 3.8) is 0 Å². The Labute approximate surface area is 109 Å². The molecule has 0 saturated heterocycles. The Hall–Kier alpha value is -2.63. The van der Waals surface area contributed by atoms with Crippen LogP contribution >= 0.6 is 0 Å². The van der Waals surface area contributed by atoms with Crippen LogP contribution in [0.3, 0.4) is 0 Å². The van der Waals surface area contributed by atoms with Gasteiger partial charge in [-0.3, -0.25) is 10.1 Å². The lowest BCUT2D eigenvalue weighted by Gasteiger charge is -2.06. The molecule has 0 spiro atoms. The van der Waals surface area contributed by atoms with Crippen molar-refractivity contribution in [3.05, 3.63) is 52.1 Å². The predicted molar refractivity (Wildman–Crippen MR) is 70.1 cm³/mol. The number of nitro benzene ring substituents is 1. The van der Waals surface area contributed by atoms with E-state index in [2.05, 4.69) is 6.58 Å². The summed E-state index contributed by atoms with van der Waals surface area (Å²) in [6.45, 7) is 5.57. The fourth-order valence-corrected chi connectivity index (χ4v) is 1.27. The van der Waals surface area contributed by atoms with E-state index in [1.54, 1.807) is 13.0 Å². The number of nitro groups is 1. The molecule has 0 amide bonds. The van der Waals surface area contributed by atoms with Gasteiger partial charge in [-0.25, -0.2) is 4.79 Å². The zero-order valence-electron chi connectivity index (χ0n) is 10.3. The standard InChI is InChI=1S/C13H13NO5/c1-9(2)8-19-12-5-3-10(4-6-13(15)16)7-11(12)14(17)18/h3-7H,1,8H2,2H3,(H,15,16)/b6-4+. The van der Waals surface area contributed by atoms with Crippen LogP contribution in [0.15, 0.2) is 36.4 Å². The Morgan fingerprint density at radius 3 is 2.79 bits per heavy atom. The first kappa shape index (κ1) is 14.4. The topological polar surface area (TPSA) is 89.7 Å². The Kier molecular flexibility index (Phi) is 4.82. The Morgan fingerprint density at radius 2 is 2.26 bits per heavy atom. The van der Waals surface area contributed by atoms with Crippen LogP contribution in [-0.4, -0.2) is 22.6 Å². The lowest BCUT2D eigenvalue weighted by molar-refractivity contribution is -0.385. The van der Waals surface area contributed by atoms with E-state index in [9.17, 15) is 14.9 Å². The molecule has 19 heavy (non-hydrogen) atoms. The van der Waals surface area contributed by atoms with Gasteiger partial charge < -0.3 is 9.84 Å². The van der Waals surface area contributed by atoms with Crippen molar-refractivity contribution in [1.82, 2.24) is 0 Å². The van der Waals surface area contributed by atoms with Crippen molar-refractivity contribution in [2.24, 2.45) is 0 Å². The maximum atomic E-state index is 10.9.